The number of methoxy groups -OCH3 is 1. The van der Waals surface area contributed by atoms with E-state index in [0.717, 1.165) is 37.1 Å². The minimum absolute atomic E-state index is 0.0461. The maximum atomic E-state index is 13.7. The Labute approximate surface area is 265 Å². The minimum atomic E-state index is -0.817. The van der Waals surface area contributed by atoms with E-state index in [1.807, 2.05) is 49.4 Å². The molecule has 2 aliphatic rings. The van der Waals surface area contributed by atoms with E-state index in [2.05, 4.69) is 11.8 Å². The second-order valence-electron chi connectivity index (χ2n) is 11.3. The van der Waals surface area contributed by atoms with Crippen molar-refractivity contribution in [2.75, 3.05) is 53.1 Å². The van der Waals surface area contributed by atoms with Gasteiger partial charge in [-0.2, -0.15) is 0 Å². The van der Waals surface area contributed by atoms with Crippen molar-refractivity contribution >= 4 is 17.4 Å². The molecule has 1 atom stereocenters. The lowest BCUT2D eigenvalue weighted by atomic mass is 9.93. The summed E-state index contributed by atoms with van der Waals surface area (Å²) in [5.74, 6) is 0.113. The number of morpholine rings is 1. The molecule has 1 amide bonds. The number of rotatable bonds is 13. The van der Waals surface area contributed by atoms with Crippen LogP contribution in [-0.4, -0.2) is 79.7 Å². The van der Waals surface area contributed by atoms with Gasteiger partial charge in [-0.1, -0.05) is 49.7 Å². The molecule has 9 heteroatoms. The van der Waals surface area contributed by atoms with Gasteiger partial charge in [0.15, 0.2) is 11.5 Å². The molecule has 0 bridgehead atoms. The Bertz CT molecular complexity index is 1520. The van der Waals surface area contributed by atoms with Gasteiger partial charge < -0.3 is 29.0 Å². The van der Waals surface area contributed by atoms with Crippen molar-refractivity contribution in [2.24, 2.45) is 0 Å². The van der Waals surface area contributed by atoms with E-state index >= 15 is 0 Å². The van der Waals surface area contributed by atoms with Gasteiger partial charge in [-0.25, -0.2) is 0 Å². The molecule has 3 aromatic rings. The van der Waals surface area contributed by atoms with E-state index in [4.69, 9.17) is 18.9 Å². The van der Waals surface area contributed by atoms with Crippen molar-refractivity contribution in [3.63, 3.8) is 0 Å². The van der Waals surface area contributed by atoms with Crippen LogP contribution in [0.25, 0.3) is 5.76 Å². The number of Topliss-reactive ketones (excluding diaryl/α,β-unsaturated/α-hetero) is 1. The number of aryl methyl sites for hydroxylation is 1. The van der Waals surface area contributed by atoms with E-state index in [1.165, 1.54) is 0 Å². The standard InChI is InChI=1S/C36H42N2O7/c1-4-5-19-44-28-12-13-29(25(2)22-28)34(39)32-33(38(36(41)35(32)40)16-15-37-17-20-43-21-18-37)27-11-14-30(31(23-27)42-3)45-24-26-9-7-6-8-10-26/h6-14,22-23,33,39H,4-5,15-21,24H2,1-3H3/b34-32+. The van der Waals surface area contributed by atoms with Crippen molar-refractivity contribution in [1.29, 1.82) is 0 Å². The quantitative estimate of drug-likeness (QED) is 0.116. The summed E-state index contributed by atoms with van der Waals surface area (Å²) in [5.41, 5.74) is 2.91. The number of ether oxygens (including phenoxy) is 4. The Morgan fingerprint density at radius 1 is 0.956 bits per heavy atom. The molecule has 0 aromatic heterocycles. The summed E-state index contributed by atoms with van der Waals surface area (Å²) in [6.45, 7) is 8.55. The van der Waals surface area contributed by atoms with Crippen LogP contribution < -0.4 is 14.2 Å². The molecule has 2 heterocycles. The van der Waals surface area contributed by atoms with Crippen LogP contribution in [0.5, 0.6) is 17.2 Å². The van der Waals surface area contributed by atoms with Crippen LogP contribution in [0.2, 0.25) is 0 Å². The van der Waals surface area contributed by atoms with Gasteiger partial charge in [0.05, 0.1) is 38.5 Å². The third-order valence-electron chi connectivity index (χ3n) is 8.26. The molecule has 1 unspecified atom stereocenters. The number of unbranched alkanes of at least 4 members (excludes halogenated alkanes) is 1. The number of aliphatic hydroxyl groups excluding tert-OH is 1. The Kier molecular flexibility index (Phi) is 10.8. The highest BCUT2D eigenvalue weighted by molar-refractivity contribution is 6.46. The molecule has 238 valence electrons. The highest BCUT2D eigenvalue weighted by Crippen LogP contribution is 2.42. The van der Waals surface area contributed by atoms with Gasteiger partial charge in [-0.15, -0.1) is 0 Å². The fourth-order valence-corrected chi connectivity index (χ4v) is 5.71. The monoisotopic (exact) mass is 614 g/mol. The SMILES string of the molecule is CCCCOc1ccc(/C(O)=C2\C(=O)C(=O)N(CCN3CCOCC3)C2c2ccc(OCc3ccccc3)c(OC)c2)c(C)c1. The molecule has 3 aromatic carbocycles. The zero-order chi connectivity index (χ0) is 31.8. The maximum absolute atomic E-state index is 13.7. The number of likely N-dealkylation sites (tertiary alicyclic amines) is 1. The molecule has 0 aliphatic carbocycles. The molecule has 0 saturated carbocycles. The molecular weight excluding hydrogens is 572 g/mol. The Morgan fingerprint density at radius 3 is 2.44 bits per heavy atom. The number of hydrogen-bond donors (Lipinski definition) is 1. The average Bonchev–Trinajstić information content (AvgIpc) is 3.32. The fraction of sp³-hybridized carbons (Fsp3) is 0.389. The molecule has 45 heavy (non-hydrogen) atoms. The summed E-state index contributed by atoms with van der Waals surface area (Å²) in [4.78, 5) is 31.0. The topological polar surface area (TPSA) is 97.8 Å². The fourth-order valence-electron chi connectivity index (χ4n) is 5.71. The van der Waals surface area contributed by atoms with Crippen LogP contribution in [0.15, 0.2) is 72.3 Å². The van der Waals surface area contributed by atoms with Gasteiger partial charge in [0.2, 0.25) is 0 Å². The number of nitrogens with zero attached hydrogens (tertiary/aromatic N) is 2. The van der Waals surface area contributed by atoms with Crippen LogP contribution in [0, 0.1) is 6.92 Å². The number of carbonyl (C=O) groups excluding carboxylic acids is 2. The number of ketones is 1. The highest BCUT2D eigenvalue weighted by atomic mass is 16.5. The molecular formula is C36H42N2O7. The molecule has 2 saturated heterocycles. The molecule has 5 rings (SSSR count). The van der Waals surface area contributed by atoms with Crippen molar-refractivity contribution in [2.45, 2.75) is 39.3 Å². The number of carbonyl (C=O) groups is 2. The zero-order valence-electron chi connectivity index (χ0n) is 26.3. The van der Waals surface area contributed by atoms with Gasteiger partial charge in [0.1, 0.15) is 18.1 Å². The second-order valence-corrected chi connectivity index (χ2v) is 11.3. The molecule has 1 N–H and O–H groups in total. The van der Waals surface area contributed by atoms with Crippen LogP contribution in [0.4, 0.5) is 0 Å². The highest BCUT2D eigenvalue weighted by Gasteiger charge is 2.46. The lowest BCUT2D eigenvalue weighted by Crippen LogP contribution is -2.42. The van der Waals surface area contributed by atoms with Gasteiger partial charge in [0.25, 0.3) is 11.7 Å². The first-order valence-corrected chi connectivity index (χ1v) is 15.6. The van der Waals surface area contributed by atoms with Crippen molar-refractivity contribution in [3.05, 3.63) is 94.6 Å². The Morgan fingerprint density at radius 2 is 1.73 bits per heavy atom. The maximum Gasteiger partial charge on any atom is 0.295 e. The van der Waals surface area contributed by atoms with Crippen LogP contribution in [0.1, 0.15) is 48.1 Å². The van der Waals surface area contributed by atoms with Crippen molar-refractivity contribution in [1.82, 2.24) is 9.80 Å². The number of aliphatic hydroxyl groups is 1. The number of benzene rings is 3. The molecule has 2 aliphatic heterocycles. The first-order valence-electron chi connectivity index (χ1n) is 15.6. The molecule has 9 nitrogen and oxygen atoms in total. The van der Waals surface area contributed by atoms with E-state index in [1.54, 1.807) is 36.3 Å². The van der Waals surface area contributed by atoms with E-state index in [9.17, 15) is 14.7 Å². The molecule has 0 spiro atoms. The van der Waals surface area contributed by atoms with Crippen LogP contribution in [0.3, 0.4) is 0 Å². The summed E-state index contributed by atoms with van der Waals surface area (Å²) in [6.07, 6.45) is 1.96. The summed E-state index contributed by atoms with van der Waals surface area (Å²) in [5, 5.41) is 11.7. The van der Waals surface area contributed by atoms with Crippen molar-refractivity contribution < 1.29 is 33.6 Å². The largest absolute Gasteiger partial charge is 0.507 e. The first kappa shape index (κ1) is 32.1. The van der Waals surface area contributed by atoms with E-state index in [-0.39, 0.29) is 11.3 Å². The molecule has 2 fully saturated rings. The molecule has 0 radical (unpaired) electrons. The lowest BCUT2D eigenvalue weighted by molar-refractivity contribution is -0.140. The van der Waals surface area contributed by atoms with Gasteiger partial charge in [0, 0.05) is 31.7 Å². The number of hydrogen-bond acceptors (Lipinski definition) is 8. The Balaban J connectivity index is 1.50. The van der Waals surface area contributed by atoms with Gasteiger partial charge in [-0.3, -0.25) is 14.5 Å². The predicted molar refractivity (Wildman–Crippen MR) is 172 cm³/mol. The third-order valence-corrected chi connectivity index (χ3v) is 8.26. The number of amides is 1. The van der Waals surface area contributed by atoms with Crippen LogP contribution in [-0.2, 0) is 20.9 Å². The van der Waals surface area contributed by atoms with Gasteiger partial charge >= 0.3 is 0 Å². The first-order chi connectivity index (χ1) is 21.9. The van der Waals surface area contributed by atoms with Crippen molar-refractivity contribution in [3.8, 4) is 17.2 Å². The predicted octanol–water partition coefficient (Wildman–Crippen LogP) is 5.52. The smallest absolute Gasteiger partial charge is 0.295 e. The second kappa shape index (κ2) is 15.1. The third kappa shape index (κ3) is 7.49. The van der Waals surface area contributed by atoms with Gasteiger partial charge in [-0.05, 0) is 60.4 Å². The summed E-state index contributed by atoms with van der Waals surface area (Å²) < 4.78 is 23.1. The average molecular weight is 615 g/mol. The summed E-state index contributed by atoms with van der Waals surface area (Å²) in [6, 6.07) is 19.8. The van der Waals surface area contributed by atoms with Crippen LogP contribution >= 0.6 is 0 Å². The van der Waals surface area contributed by atoms with E-state index < -0.39 is 17.7 Å². The lowest BCUT2D eigenvalue weighted by Gasteiger charge is -2.31. The minimum Gasteiger partial charge on any atom is -0.507 e. The van der Waals surface area contributed by atoms with E-state index in [0.29, 0.717) is 67.9 Å². The summed E-state index contributed by atoms with van der Waals surface area (Å²) >= 11 is 0. The Hall–Kier alpha value is -4.34. The zero-order valence-corrected chi connectivity index (χ0v) is 26.3. The summed E-state index contributed by atoms with van der Waals surface area (Å²) in [7, 11) is 1.55. The normalized spacial score (nSPS) is 18.3.